The third-order valence-corrected chi connectivity index (χ3v) is 4.65. The van der Waals surface area contributed by atoms with E-state index in [-0.39, 0.29) is 17.8 Å². The Labute approximate surface area is 114 Å². The van der Waals surface area contributed by atoms with Crippen molar-refractivity contribution in [1.82, 2.24) is 0 Å². The predicted molar refractivity (Wildman–Crippen MR) is 66.2 cm³/mol. The van der Waals surface area contributed by atoms with Gasteiger partial charge in [0.2, 0.25) is 0 Å². The van der Waals surface area contributed by atoms with E-state index < -0.39 is 23.6 Å². The second-order valence-electron chi connectivity index (χ2n) is 5.93. The molecule has 1 unspecified atom stereocenters. The number of carbonyl (C=O) groups is 1. The van der Waals surface area contributed by atoms with Gasteiger partial charge in [-0.1, -0.05) is 24.3 Å². The molecule has 20 heavy (non-hydrogen) atoms. The van der Waals surface area contributed by atoms with Crippen LogP contribution in [0.25, 0.3) is 0 Å². The molecular weight excluding hydrogens is 269 g/mol. The van der Waals surface area contributed by atoms with Crippen LogP contribution in [0.15, 0.2) is 24.3 Å². The molecule has 0 radical (unpaired) electrons. The average molecular weight is 284 g/mol. The van der Waals surface area contributed by atoms with Crippen molar-refractivity contribution in [3.05, 3.63) is 35.4 Å². The van der Waals surface area contributed by atoms with Gasteiger partial charge in [0.05, 0.1) is 0 Å². The smallest absolute Gasteiger partial charge is 0.376 e. The van der Waals surface area contributed by atoms with Crippen LogP contribution in [0.4, 0.5) is 13.2 Å². The Kier molecular flexibility index (Phi) is 2.77. The van der Waals surface area contributed by atoms with Crippen LogP contribution in [0.5, 0.6) is 0 Å². The monoisotopic (exact) mass is 284 g/mol. The van der Waals surface area contributed by atoms with E-state index in [1.165, 1.54) is 12.1 Å². The standard InChI is InChI=1S/C15H15F3O2/c16-15(17,18)14(20)9-13(7-3-4-10(19)8-13)11-5-1-2-6-12(11)14/h1-2,5-6,20H,3-4,7-9H2/t13-,14?/m1/s1. The second kappa shape index (κ2) is 4.07. The van der Waals surface area contributed by atoms with Gasteiger partial charge in [0.15, 0.2) is 5.60 Å². The number of aliphatic hydroxyl groups is 1. The zero-order valence-electron chi connectivity index (χ0n) is 10.8. The Morgan fingerprint density at radius 2 is 1.80 bits per heavy atom. The molecule has 1 aromatic carbocycles. The Morgan fingerprint density at radius 1 is 1.15 bits per heavy atom. The van der Waals surface area contributed by atoms with Crippen molar-refractivity contribution in [3.8, 4) is 0 Å². The van der Waals surface area contributed by atoms with E-state index in [1.807, 2.05) is 0 Å². The second-order valence-corrected chi connectivity index (χ2v) is 5.93. The lowest BCUT2D eigenvalue weighted by Gasteiger charge is -2.35. The van der Waals surface area contributed by atoms with Crippen molar-refractivity contribution in [2.24, 2.45) is 0 Å². The summed E-state index contributed by atoms with van der Waals surface area (Å²) >= 11 is 0. The number of hydrogen-bond donors (Lipinski definition) is 1. The molecule has 0 bridgehead atoms. The summed E-state index contributed by atoms with van der Waals surface area (Å²) in [6.07, 6.45) is -3.53. The molecule has 2 atom stereocenters. The molecule has 0 amide bonds. The molecule has 0 heterocycles. The van der Waals surface area contributed by atoms with Crippen LogP contribution >= 0.6 is 0 Å². The van der Waals surface area contributed by atoms with Crippen LogP contribution in [-0.4, -0.2) is 17.1 Å². The van der Waals surface area contributed by atoms with Crippen molar-refractivity contribution >= 4 is 5.78 Å². The van der Waals surface area contributed by atoms with Crippen LogP contribution in [0.1, 0.15) is 43.2 Å². The van der Waals surface area contributed by atoms with Crippen molar-refractivity contribution in [1.29, 1.82) is 0 Å². The maximum absolute atomic E-state index is 13.3. The molecule has 1 aromatic rings. The fourth-order valence-corrected chi connectivity index (χ4v) is 3.80. The number of rotatable bonds is 0. The molecule has 2 aliphatic rings. The molecule has 1 N–H and O–H groups in total. The van der Waals surface area contributed by atoms with E-state index in [0.29, 0.717) is 24.8 Å². The zero-order valence-corrected chi connectivity index (χ0v) is 10.8. The van der Waals surface area contributed by atoms with Crippen molar-refractivity contribution in [2.45, 2.75) is 49.3 Å². The fourth-order valence-electron chi connectivity index (χ4n) is 3.80. The molecule has 3 rings (SSSR count). The van der Waals surface area contributed by atoms with E-state index in [1.54, 1.807) is 12.1 Å². The van der Waals surface area contributed by atoms with Gasteiger partial charge in [0.1, 0.15) is 5.78 Å². The van der Waals surface area contributed by atoms with Crippen LogP contribution in [-0.2, 0) is 15.8 Å². The van der Waals surface area contributed by atoms with E-state index in [9.17, 15) is 23.1 Å². The van der Waals surface area contributed by atoms with Crippen LogP contribution in [0.3, 0.4) is 0 Å². The third kappa shape index (κ3) is 1.72. The molecule has 0 aromatic heterocycles. The molecule has 2 aliphatic carbocycles. The van der Waals surface area contributed by atoms with E-state index in [4.69, 9.17) is 0 Å². The predicted octanol–water partition coefficient (Wildman–Crippen LogP) is 3.22. The lowest BCUT2D eigenvalue weighted by Crippen LogP contribution is -2.43. The lowest BCUT2D eigenvalue weighted by molar-refractivity contribution is -0.269. The van der Waals surface area contributed by atoms with Crippen molar-refractivity contribution in [3.63, 3.8) is 0 Å². The summed E-state index contributed by atoms with van der Waals surface area (Å²) in [5.41, 5.74) is -3.27. The topological polar surface area (TPSA) is 37.3 Å². The first kappa shape index (κ1) is 13.6. The van der Waals surface area contributed by atoms with Crippen molar-refractivity contribution < 1.29 is 23.1 Å². The minimum Gasteiger partial charge on any atom is -0.376 e. The molecule has 0 aliphatic heterocycles. The zero-order chi connectivity index (χ0) is 14.6. The van der Waals surface area contributed by atoms with Gasteiger partial charge in [-0.2, -0.15) is 13.2 Å². The molecule has 108 valence electrons. The van der Waals surface area contributed by atoms with Gasteiger partial charge in [-0.25, -0.2) is 0 Å². The fraction of sp³-hybridized carbons (Fsp3) is 0.533. The number of carbonyl (C=O) groups excluding carboxylic acids is 1. The summed E-state index contributed by atoms with van der Waals surface area (Å²) in [5.74, 6) is -0.0162. The maximum Gasteiger partial charge on any atom is 0.421 e. The Hall–Kier alpha value is -1.36. The highest BCUT2D eigenvalue weighted by molar-refractivity contribution is 5.81. The summed E-state index contributed by atoms with van der Waals surface area (Å²) in [7, 11) is 0. The van der Waals surface area contributed by atoms with Crippen LogP contribution < -0.4 is 0 Å². The number of Topliss-reactive ketones (excluding diaryl/α,β-unsaturated/α-hetero) is 1. The van der Waals surface area contributed by atoms with Crippen LogP contribution in [0, 0.1) is 0 Å². The highest BCUT2D eigenvalue weighted by atomic mass is 19.4. The number of alkyl halides is 3. The number of hydrogen-bond acceptors (Lipinski definition) is 2. The SMILES string of the molecule is O=C1CCC[C@@]2(C1)CC(O)(C(F)(F)F)c1ccccc12. The van der Waals surface area contributed by atoms with E-state index >= 15 is 0 Å². The Morgan fingerprint density at radius 3 is 2.40 bits per heavy atom. The lowest BCUT2D eigenvalue weighted by atomic mass is 9.69. The van der Waals surface area contributed by atoms with E-state index in [0.717, 1.165) is 0 Å². The van der Waals surface area contributed by atoms with Gasteiger partial charge in [-0.15, -0.1) is 0 Å². The molecule has 1 fully saturated rings. The molecule has 1 spiro atoms. The van der Waals surface area contributed by atoms with Gasteiger partial charge in [-0.3, -0.25) is 4.79 Å². The Balaban J connectivity index is 2.16. The normalized spacial score (nSPS) is 33.5. The molecule has 0 saturated heterocycles. The molecule has 5 heteroatoms. The maximum atomic E-state index is 13.3. The van der Waals surface area contributed by atoms with E-state index in [2.05, 4.69) is 0 Å². The summed E-state index contributed by atoms with van der Waals surface area (Å²) in [4.78, 5) is 11.7. The molecule has 2 nitrogen and oxygen atoms in total. The summed E-state index contributed by atoms with van der Waals surface area (Å²) in [5, 5.41) is 10.2. The summed E-state index contributed by atoms with van der Waals surface area (Å²) in [6.45, 7) is 0. The number of ketones is 1. The summed E-state index contributed by atoms with van der Waals surface area (Å²) in [6, 6.07) is 6.12. The first-order valence-corrected chi connectivity index (χ1v) is 6.69. The minimum absolute atomic E-state index is 0.0162. The van der Waals surface area contributed by atoms with Crippen molar-refractivity contribution in [2.75, 3.05) is 0 Å². The number of benzene rings is 1. The van der Waals surface area contributed by atoms with Gasteiger partial charge in [0, 0.05) is 18.3 Å². The highest BCUT2D eigenvalue weighted by Crippen LogP contribution is 2.59. The summed E-state index contributed by atoms with van der Waals surface area (Å²) < 4.78 is 40.0. The highest BCUT2D eigenvalue weighted by Gasteiger charge is 2.64. The Bertz CT molecular complexity index is 566. The van der Waals surface area contributed by atoms with Gasteiger partial charge in [0.25, 0.3) is 0 Å². The largest absolute Gasteiger partial charge is 0.421 e. The third-order valence-electron chi connectivity index (χ3n) is 4.65. The first-order chi connectivity index (χ1) is 9.29. The number of fused-ring (bicyclic) bond motifs is 2. The van der Waals surface area contributed by atoms with Gasteiger partial charge >= 0.3 is 6.18 Å². The van der Waals surface area contributed by atoms with Crippen LogP contribution in [0.2, 0.25) is 0 Å². The number of halogens is 3. The molecular formula is C15H15F3O2. The minimum atomic E-state index is -4.73. The molecule has 1 saturated carbocycles. The van der Waals surface area contributed by atoms with Gasteiger partial charge in [-0.05, 0) is 30.4 Å². The van der Waals surface area contributed by atoms with Gasteiger partial charge < -0.3 is 5.11 Å². The first-order valence-electron chi connectivity index (χ1n) is 6.69. The average Bonchev–Trinajstić information content (AvgIpc) is 2.60. The quantitative estimate of drug-likeness (QED) is 0.794.